The number of fused-ring (bicyclic) bond motifs is 5. The molecule has 1 N–H and O–H groups in total. The molecule has 6 heteroatoms. The number of amides is 1. The fraction of sp³-hybridized carbons (Fsp3) is 0.222. The highest BCUT2D eigenvalue weighted by molar-refractivity contribution is 5.97. The van der Waals surface area contributed by atoms with Gasteiger partial charge in [0.05, 0.1) is 23.4 Å². The van der Waals surface area contributed by atoms with Crippen molar-refractivity contribution in [1.82, 2.24) is 9.97 Å². The normalized spacial score (nSPS) is 20.4. The van der Waals surface area contributed by atoms with Gasteiger partial charge in [-0.3, -0.25) is 14.7 Å². The van der Waals surface area contributed by atoms with Crippen LogP contribution in [0.1, 0.15) is 22.4 Å². The fourth-order valence-electron chi connectivity index (χ4n) is 5.64. The third-order valence-corrected chi connectivity index (χ3v) is 7.23. The maximum atomic E-state index is 12.6. The number of anilines is 2. The lowest BCUT2D eigenvalue weighted by Crippen LogP contribution is -2.38. The average molecular weight is 434 g/mol. The molecule has 1 atom stereocenters. The molecule has 162 valence electrons. The lowest BCUT2D eigenvalue weighted by atomic mass is 9.80. The summed E-state index contributed by atoms with van der Waals surface area (Å²) in [5.41, 5.74) is 6.81. The maximum Gasteiger partial charge on any atom is 0.265 e. The number of pyridine rings is 2. The predicted molar refractivity (Wildman–Crippen MR) is 127 cm³/mol. The minimum atomic E-state index is -0.0486. The van der Waals surface area contributed by atoms with Gasteiger partial charge in [-0.15, -0.1) is 0 Å². The summed E-state index contributed by atoms with van der Waals surface area (Å²) in [7, 11) is 0. The van der Waals surface area contributed by atoms with Gasteiger partial charge in [0.2, 0.25) is 0 Å². The van der Waals surface area contributed by atoms with Crippen molar-refractivity contribution >= 4 is 28.3 Å². The van der Waals surface area contributed by atoms with Crippen LogP contribution >= 0.6 is 0 Å². The summed E-state index contributed by atoms with van der Waals surface area (Å²) >= 11 is 0. The zero-order chi connectivity index (χ0) is 22.0. The second-order valence-corrected chi connectivity index (χ2v) is 9.24. The van der Waals surface area contributed by atoms with E-state index < -0.39 is 0 Å². The molecule has 2 aliphatic heterocycles. The molecule has 2 aromatic heterocycles. The summed E-state index contributed by atoms with van der Waals surface area (Å²) in [6, 6.07) is 20.6. The monoisotopic (exact) mass is 434 g/mol. The number of nitrogens with one attached hydrogen (secondary N) is 1. The number of aromatic nitrogens is 2. The van der Waals surface area contributed by atoms with Crippen LogP contribution in [0.2, 0.25) is 0 Å². The van der Waals surface area contributed by atoms with Gasteiger partial charge in [-0.25, -0.2) is 4.98 Å². The van der Waals surface area contributed by atoms with Crippen LogP contribution in [0.15, 0.2) is 66.9 Å². The van der Waals surface area contributed by atoms with E-state index in [0.29, 0.717) is 6.54 Å². The summed E-state index contributed by atoms with van der Waals surface area (Å²) in [4.78, 5) is 23.8. The molecule has 33 heavy (non-hydrogen) atoms. The van der Waals surface area contributed by atoms with Crippen molar-refractivity contribution < 1.29 is 9.53 Å². The Balaban J connectivity index is 1.22. The van der Waals surface area contributed by atoms with E-state index in [1.165, 1.54) is 16.7 Å². The van der Waals surface area contributed by atoms with Gasteiger partial charge in [0.25, 0.3) is 5.91 Å². The molecule has 0 radical (unpaired) electrons. The van der Waals surface area contributed by atoms with Crippen molar-refractivity contribution in [3.8, 4) is 5.75 Å². The second-order valence-electron chi connectivity index (χ2n) is 9.24. The summed E-state index contributed by atoms with van der Waals surface area (Å²) in [6.07, 6.45) is 3.86. The number of carbonyl (C=O) groups is 1. The topological polar surface area (TPSA) is 67.3 Å². The Kier molecular flexibility index (Phi) is 3.83. The number of rotatable bonds is 2. The highest BCUT2D eigenvalue weighted by Crippen LogP contribution is 2.46. The molecule has 0 fully saturated rings. The summed E-state index contributed by atoms with van der Waals surface area (Å²) in [5.74, 6) is 1.71. The molecule has 1 aliphatic carbocycles. The SMILES string of the molecule is O=C1COc2ccccc2N1Cc1ccc2cc3c(cc2n1)C[C@@]1(CNc2ncccc21)C3. The summed E-state index contributed by atoms with van der Waals surface area (Å²) < 4.78 is 5.57. The standard InChI is InChI=1S/C27H22N4O2/c32-25-15-33-24-6-2-1-5-23(24)31(25)14-20-8-7-17-10-18-12-27(13-19(18)11-22(17)30-20)16-29-26-21(27)4-3-9-28-26/h1-11H,12-16H2,(H,28,29)/t27-/m1/s1. The first-order valence-electron chi connectivity index (χ1n) is 11.3. The molecule has 3 aliphatic rings. The summed E-state index contributed by atoms with van der Waals surface area (Å²) in [5, 5.41) is 4.64. The van der Waals surface area contributed by atoms with E-state index in [1.54, 1.807) is 4.90 Å². The molecular weight excluding hydrogens is 412 g/mol. The Bertz CT molecular complexity index is 1450. The van der Waals surface area contributed by atoms with Crippen LogP contribution in [0.3, 0.4) is 0 Å². The molecule has 7 rings (SSSR count). The van der Waals surface area contributed by atoms with E-state index in [1.807, 2.05) is 42.6 Å². The fourth-order valence-corrected chi connectivity index (χ4v) is 5.64. The third kappa shape index (κ3) is 2.83. The van der Waals surface area contributed by atoms with Crippen LogP contribution in [0.4, 0.5) is 11.5 Å². The first kappa shape index (κ1) is 18.6. The van der Waals surface area contributed by atoms with Crippen LogP contribution in [0.5, 0.6) is 5.75 Å². The van der Waals surface area contributed by atoms with E-state index in [0.717, 1.165) is 53.2 Å². The van der Waals surface area contributed by atoms with Crippen molar-refractivity contribution in [3.63, 3.8) is 0 Å². The molecule has 0 unspecified atom stereocenters. The zero-order valence-electron chi connectivity index (χ0n) is 18.0. The van der Waals surface area contributed by atoms with Gasteiger partial charge >= 0.3 is 0 Å². The molecular formula is C27H22N4O2. The Morgan fingerprint density at radius 2 is 1.91 bits per heavy atom. The molecule has 0 saturated heterocycles. The smallest absolute Gasteiger partial charge is 0.265 e. The first-order valence-corrected chi connectivity index (χ1v) is 11.3. The maximum absolute atomic E-state index is 12.6. The van der Waals surface area contributed by atoms with Gasteiger partial charge in [-0.1, -0.05) is 24.3 Å². The summed E-state index contributed by atoms with van der Waals surface area (Å²) in [6.45, 7) is 1.41. The zero-order valence-corrected chi connectivity index (χ0v) is 18.0. The Labute approximate surface area is 191 Å². The molecule has 1 amide bonds. The Hall–Kier alpha value is -3.93. The van der Waals surface area contributed by atoms with Crippen LogP contribution in [0.25, 0.3) is 10.9 Å². The van der Waals surface area contributed by atoms with Crippen LogP contribution in [-0.2, 0) is 29.6 Å². The molecule has 6 nitrogen and oxygen atoms in total. The highest BCUT2D eigenvalue weighted by Gasteiger charge is 2.44. The minimum Gasteiger partial charge on any atom is -0.482 e. The van der Waals surface area contributed by atoms with Gasteiger partial charge in [-0.2, -0.15) is 0 Å². The van der Waals surface area contributed by atoms with E-state index in [4.69, 9.17) is 9.72 Å². The van der Waals surface area contributed by atoms with Gasteiger partial charge < -0.3 is 10.1 Å². The quantitative estimate of drug-likeness (QED) is 0.516. The first-order chi connectivity index (χ1) is 16.2. The lowest BCUT2D eigenvalue weighted by molar-refractivity contribution is -0.121. The van der Waals surface area contributed by atoms with Gasteiger partial charge in [0.1, 0.15) is 11.6 Å². The molecule has 0 bridgehead atoms. The molecule has 0 saturated carbocycles. The number of hydrogen-bond acceptors (Lipinski definition) is 5. The Morgan fingerprint density at radius 3 is 2.85 bits per heavy atom. The Morgan fingerprint density at radius 1 is 1.03 bits per heavy atom. The van der Waals surface area contributed by atoms with E-state index >= 15 is 0 Å². The third-order valence-electron chi connectivity index (χ3n) is 7.23. The van der Waals surface area contributed by atoms with Crippen molar-refractivity contribution in [2.24, 2.45) is 0 Å². The number of para-hydroxylation sites is 2. The largest absolute Gasteiger partial charge is 0.482 e. The van der Waals surface area contributed by atoms with E-state index in [2.05, 4.69) is 34.6 Å². The highest BCUT2D eigenvalue weighted by atomic mass is 16.5. The number of carbonyl (C=O) groups excluding carboxylic acids is 1. The van der Waals surface area contributed by atoms with Crippen molar-refractivity contribution in [3.05, 3.63) is 89.2 Å². The molecule has 4 heterocycles. The number of hydrogen-bond donors (Lipinski definition) is 1. The van der Waals surface area contributed by atoms with Crippen LogP contribution < -0.4 is 15.0 Å². The number of benzene rings is 2. The number of ether oxygens (including phenoxy) is 1. The van der Waals surface area contributed by atoms with Gasteiger partial charge in [0.15, 0.2) is 6.61 Å². The molecule has 2 aromatic carbocycles. The van der Waals surface area contributed by atoms with Gasteiger partial charge in [0, 0.05) is 29.1 Å². The lowest BCUT2D eigenvalue weighted by Gasteiger charge is -2.29. The van der Waals surface area contributed by atoms with Crippen LogP contribution in [0, 0.1) is 0 Å². The average Bonchev–Trinajstić information content (AvgIpc) is 3.39. The molecule has 4 aromatic rings. The van der Waals surface area contributed by atoms with Crippen molar-refractivity contribution in [1.29, 1.82) is 0 Å². The predicted octanol–water partition coefficient (Wildman–Crippen LogP) is 4.02. The van der Waals surface area contributed by atoms with Gasteiger partial charge in [-0.05, 0) is 60.4 Å². The molecule has 1 spiro atoms. The minimum absolute atomic E-state index is 0.0486. The van der Waals surface area contributed by atoms with E-state index in [9.17, 15) is 4.79 Å². The second kappa shape index (κ2) is 6.78. The number of nitrogens with zero attached hydrogens (tertiary/aromatic N) is 3. The van der Waals surface area contributed by atoms with Crippen LogP contribution in [-0.4, -0.2) is 29.0 Å². The van der Waals surface area contributed by atoms with E-state index in [-0.39, 0.29) is 17.9 Å². The van der Waals surface area contributed by atoms with Crippen molar-refractivity contribution in [2.45, 2.75) is 24.8 Å². The van der Waals surface area contributed by atoms with Crippen molar-refractivity contribution in [2.75, 3.05) is 23.4 Å².